The summed E-state index contributed by atoms with van der Waals surface area (Å²) in [5, 5.41) is 0. The van der Waals surface area contributed by atoms with E-state index in [0.717, 1.165) is 5.92 Å². The van der Waals surface area contributed by atoms with E-state index < -0.39 is 0 Å². The summed E-state index contributed by atoms with van der Waals surface area (Å²) in [6, 6.07) is 0. The second-order valence-electron chi connectivity index (χ2n) is 4.17. The van der Waals surface area contributed by atoms with Crippen LogP contribution in [0.4, 0.5) is 0 Å². The van der Waals surface area contributed by atoms with Crippen molar-refractivity contribution >= 4 is 0 Å². The number of hydrogen-bond donors (Lipinski definition) is 0. The fourth-order valence-corrected chi connectivity index (χ4v) is 1.67. The zero-order chi connectivity index (χ0) is 9.94. The second-order valence-corrected chi connectivity index (χ2v) is 4.17. The van der Waals surface area contributed by atoms with Crippen molar-refractivity contribution < 1.29 is 0 Å². The Morgan fingerprint density at radius 3 is 2.38 bits per heavy atom. The summed E-state index contributed by atoms with van der Waals surface area (Å²) < 4.78 is 0. The molecule has 78 valence electrons. The molecule has 0 heteroatoms. The standard InChI is InChI=1S/C13H26/c1-4-6-8-10-12-13(3)11-9-7-5-2/h5,13H,2,4,6-12H2,1,3H3. The predicted molar refractivity (Wildman–Crippen MR) is 62.0 cm³/mol. The Hall–Kier alpha value is -0.260. The molecule has 0 nitrogen and oxygen atoms in total. The highest BCUT2D eigenvalue weighted by atomic mass is 14.1. The molecule has 0 heterocycles. The Morgan fingerprint density at radius 2 is 1.77 bits per heavy atom. The van der Waals surface area contributed by atoms with Crippen LogP contribution in [0.1, 0.15) is 65.2 Å². The third-order valence-electron chi connectivity index (χ3n) is 2.66. The van der Waals surface area contributed by atoms with Crippen LogP contribution in [0, 0.1) is 5.92 Å². The Bertz CT molecular complexity index is 105. The van der Waals surface area contributed by atoms with E-state index in [-0.39, 0.29) is 0 Å². The molecule has 1 atom stereocenters. The fraction of sp³-hybridized carbons (Fsp3) is 0.846. The van der Waals surface area contributed by atoms with Crippen LogP contribution in [0.2, 0.25) is 0 Å². The molecule has 0 aromatic rings. The monoisotopic (exact) mass is 182 g/mol. The summed E-state index contributed by atoms with van der Waals surface area (Å²) >= 11 is 0. The molecule has 0 aliphatic carbocycles. The SMILES string of the molecule is C=CCCCC(C)CCCCCC. The molecule has 0 amide bonds. The first kappa shape index (κ1) is 12.7. The van der Waals surface area contributed by atoms with E-state index in [1.165, 1.54) is 51.4 Å². The van der Waals surface area contributed by atoms with Crippen molar-refractivity contribution in [3.8, 4) is 0 Å². The molecule has 0 saturated carbocycles. The minimum atomic E-state index is 0.928. The van der Waals surface area contributed by atoms with Crippen molar-refractivity contribution in [2.45, 2.75) is 65.2 Å². The Balaban J connectivity index is 3.09. The third-order valence-corrected chi connectivity index (χ3v) is 2.66. The average molecular weight is 182 g/mol. The van der Waals surface area contributed by atoms with Gasteiger partial charge < -0.3 is 0 Å². The van der Waals surface area contributed by atoms with Gasteiger partial charge in [-0.3, -0.25) is 0 Å². The maximum absolute atomic E-state index is 3.74. The van der Waals surface area contributed by atoms with E-state index >= 15 is 0 Å². The van der Waals surface area contributed by atoms with Crippen LogP contribution in [-0.2, 0) is 0 Å². The molecule has 0 aliphatic rings. The van der Waals surface area contributed by atoms with E-state index in [4.69, 9.17) is 0 Å². The lowest BCUT2D eigenvalue weighted by atomic mass is 9.97. The normalized spacial score (nSPS) is 12.8. The summed E-state index contributed by atoms with van der Waals surface area (Å²) in [7, 11) is 0. The van der Waals surface area contributed by atoms with Crippen LogP contribution < -0.4 is 0 Å². The smallest absolute Gasteiger partial charge is 0.0353 e. The van der Waals surface area contributed by atoms with Crippen LogP contribution in [0.5, 0.6) is 0 Å². The van der Waals surface area contributed by atoms with E-state index in [1.54, 1.807) is 0 Å². The average Bonchev–Trinajstić information content (AvgIpc) is 2.13. The summed E-state index contributed by atoms with van der Waals surface area (Å²) in [6.45, 7) is 8.40. The Kier molecular flexibility index (Phi) is 9.63. The predicted octanol–water partition coefficient (Wildman–Crippen LogP) is 4.95. The molecule has 0 bridgehead atoms. The third kappa shape index (κ3) is 9.66. The largest absolute Gasteiger partial charge is 0.103 e. The van der Waals surface area contributed by atoms with Gasteiger partial charge in [-0.2, -0.15) is 0 Å². The molecule has 0 spiro atoms. The lowest BCUT2D eigenvalue weighted by molar-refractivity contribution is 0.449. The van der Waals surface area contributed by atoms with Gasteiger partial charge >= 0.3 is 0 Å². The van der Waals surface area contributed by atoms with Crippen LogP contribution >= 0.6 is 0 Å². The number of rotatable bonds is 9. The highest BCUT2D eigenvalue weighted by molar-refractivity contribution is 4.66. The van der Waals surface area contributed by atoms with Crippen LogP contribution in [0.25, 0.3) is 0 Å². The van der Waals surface area contributed by atoms with Gasteiger partial charge in [-0.05, 0) is 18.8 Å². The van der Waals surface area contributed by atoms with Gasteiger partial charge in [0.05, 0.1) is 0 Å². The van der Waals surface area contributed by atoms with E-state index in [2.05, 4.69) is 20.4 Å². The van der Waals surface area contributed by atoms with Crippen molar-refractivity contribution in [3.63, 3.8) is 0 Å². The van der Waals surface area contributed by atoms with Crippen LogP contribution in [-0.4, -0.2) is 0 Å². The number of unbranched alkanes of at least 4 members (excludes halogenated alkanes) is 4. The van der Waals surface area contributed by atoms with E-state index in [1.807, 2.05) is 6.08 Å². The highest BCUT2D eigenvalue weighted by Crippen LogP contribution is 2.16. The maximum Gasteiger partial charge on any atom is -0.0353 e. The molecule has 0 aromatic carbocycles. The van der Waals surface area contributed by atoms with E-state index in [9.17, 15) is 0 Å². The minimum absolute atomic E-state index is 0.928. The summed E-state index contributed by atoms with van der Waals surface area (Å²) in [6.07, 6.45) is 13.0. The van der Waals surface area contributed by atoms with Gasteiger partial charge in [-0.25, -0.2) is 0 Å². The van der Waals surface area contributed by atoms with Crippen LogP contribution in [0.3, 0.4) is 0 Å². The minimum Gasteiger partial charge on any atom is -0.103 e. The number of allylic oxidation sites excluding steroid dienone is 1. The lowest BCUT2D eigenvalue weighted by Crippen LogP contribution is -1.94. The molecule has 0 N–H and O–H groups in total. The summed E-state index contributed by atoms with van der Waals surface area (Å²) in [4.78, 5) is 0. The number of hydrogen-bond acceptors (Lipinski definition) is 0. The summed E-state index contributed by atoms with van der Waals surface area (Å²) in [5.74, 6) is 0.928. The molecular weight excluding hydrogens is 156 g/mol. The molecule has 0 aromatic heterocycles. The first-order valence-corrected chi connectivity index (χ1v) is 5.92. The topological polar surface area (TPSA) is 0 Å². The summed E-state index contributed by atoms with van der Waals surface area (Å²) in [5.41, 5.74) is 0. The Morgan fingerprint density at radius 1 is 1.08 bits per heavy atom. The second kappa shape index (κ2) is 9.83. The molecule has 0 rings (SSSR count). The molecule has 1 unspecified atom stereocenters. The van der Waals surface area contributed by atoms with Gasteiger partial charge in [0.15, 0.2) is 0 Å². The molecular formula is C13H26. The van der Waals surface area contributed by atoms with Gasteiger partial charge in [-0.1, -0.05) is 58.4 Å². The zero-order valence-electron chi connectivity index (χ0n) is 9.52. The maximum atomic E-state index is 3.74. The van der Waals surface area contributed by atoms with Crippen molar-refractivity contribution in [1.82, 2.24) is 0 Å². The molecule has 0 aliphatic heterocycles. The zero-order valence-corrected chi connectivity index (χ0v) is 9.52. The fourth-order valence-electron chi connectivity index (χ4n) is 1.67. The molecule has 13 heavy (non-hydrogen) atoms. The van der Waals surface area contributed by atoms with Gasteiger partial charge in [0.1, 0.15) is 0 Å². The quantitative estimate of drug-likeness (QED) is 0.349. The van der Waals surface area contributed by atoms with Crippen molar-refractivity contribution in [1.29, 1.82) is 0 Å². The lowest BCUT2D eigenvalue weighted by Gasteiger charge is -2.09. The van der Waals surface area contributed by atoms with Gasteiger partial charge in [0.25, 0.3) is 0 Å². The van der Waals surface area contributed by atoms with Crippen molar-refractivity contribution in [2.75, 3.05) is 0 Å². The molecule has 0 fully saturated rings. The van der Waals surface area contributed by atoms with E-state index in [0.29, 0.717) is 0 Å². The first-order valence-electron chi connectivity index (χ1n) is 5.92. The van der Waals surface area contributed by atoms with Gasteiger partial charge in [-0.15, -0.1) is 6.58 Å². The molecule has 0 radical (unpaired) electrons. The van der Waals surface area contributed by atoms with Gasteiger partial charge in [0, 0.05) is 0 Å². The first-order chi connectivity index (χ1) is 6.31. The van der Waals surface area contributed by atoms with Crippen molar-refractivity contribution in [3.05, 3.63) is 12.7 Å². The van der Waals surface area contributed by atoms with Gasteiger partial charge in [0.2, 0.25) is 0 Å². The highest BCUT2D eigenvalue weighted by Gasteiger charge is 2.00. The van der Waals surface area contributed by atoms with Crippen molar-refractivity contribution in [2.24, 2.45) is 5.92 Å². The molecule has 0 saturated heterocycles. The Labute approximate surface area is 84.4 Å². The van der Waals surface area contributed by atoms with Crippen LogP contribution in [0.15, 0.2) is 12.7 Å².